The number of aromatic nitrogens is 2. The van der Waals surface area contributed by atoms with E-state index in [9.17, 15) is 8.60 Å². The molecule has 100 valence electrons. The van der Waals surface area contributed by atoms with E-state index in [1.54, 1.807) is 24.4 Å². The van der Waals surface area contributed by atoms with Crippen molar-refractivity contribution in [2.24, 2.45) is 0 Å². The molecular weight excluding hydrogens is 267 g/mol. The number of aliphatic hydroxyl groups excluding tert-OH is 1. The third kappa shape index (κ3) is 3.90. The molecule has 2 rings (SSSR count). The van der Waals surface area contributed by atoms with E-state index in [1.165, 1.54) is 12.1 Å². The van der Waals surface area contributed by atoms with E-state index in [2.05, 4.69) is 9.97 Å². The van der Waals surface area contributed by atoms with Gasteiger partial charge in [-0.05, 0) is 30.3 Å². The number of rotatable bonds is 5. The maximum atomic E-state index is 12.8. The molecule has 0 aliphatic heterocycles. The van der Waals surface area contributed by atoms with Gasteiger partial charge in [-0.3, -0.25) is 4.21 Å². The second-order valence-corrected chi connectivity index (χ2v) is 5.47. The fourth-order valence-electron chi connectivity index (χ4n) is 1.55. The van der Waals surface area contributed by atoms with Crippen LogP contribution < -0.4 is 0 Å². The summed E-state index contributed by atoms with van der Waals surface area (Å²) >= 11 is 0. The monoisotopic (exact) mass is 280 g/mol. The lowest BCUT2D eigenvalue weighted by molar-refractivity contribution is 0.321. The first kappa shape index (κ1) is 13.8. The van der Waals surface area contributed by atoms with E-state index < -0.39 is 10.8 Å². The number of hydrogen-bond acceptors (Lipinski definition) is 4. The Morgan fingerprint density at radius 2 is 1.95 bits per heavy atom. The maximum Gasteiger partial charge on any atom is 0.159 e. The van der Waals surface area contributed by atoms with Crippen LogP contribution in [0.25, 0.3) is 11.4 Å². The summed E-state index contributed by atoms with van der Waals surface area (Å²) in [4.78, 5) is 8.40. The molecule has 0 radical (unpaired) electrons. The molecule has 1 N–H and O–H groups in total. The fourth-order valence-corrected chi connectivity index (χ4v) is 2.39. The highest BCUT2D eigenvalue weighted by Gasteiger charge is 2.06. The number of nitrogens with zero attached hydrogens (tertiary/aromatic N) is 2. The molecule has 0 saturated heterocycles. The third-order valence-electron chi connectivity index (χ3n) is 2.44. The molecule has 0 saturated carbocycles. The van der Waals surface area contributed by atoms with E-state index in [-0.39, 0.29) is 23.9 Å². The average Bonchev–Trinajstić information content (AvgIpc) is 2.40. The highest BCUT2D eigenvalue weighted by molar-refractivity contribution is 7.84. The Morgan fingerprint density at radius 3 is 2.63 bits per heavy atom. The quantitative estimate of drug-likeness (QED) is 0.902. The van der Waals surface area contributed by atoms with Gasteiger partial charge in [-0.25, -0.2) is 14.4 Å². The van der Waals surface area contributed by atoms with Gasteiger partial charge in [-0.2, -0.15) is 0 Å². The van der Waals surface area contributed by atoms with E-state index in [0.29, 0.717) is 17.1 Å². The Balaban J connectivity index is 2.19. The summed E-state index contributed by atoms with van der Waals surface area (Å²) < 4.78 is 24.4. The van der Waals surface area contributed by atoms with Gasteiger partial charge in [-0.15, -0.1) is 0 Å². The molecule has 1 atom stereocenters. The summed E-state index contributed by atoms with van der Waals surface area (Å²) in [7, 11) is -1.14. The van der Waals surface area contributed by atoms with Gasteiger partial charge >= 0.3 is 0 Å². The van der Waals surface area contributed by atoms with Crippen molar-refractivity contribution in [3.05, 3.63) is 48.0 Å². The zero-order chi connectivity index (χ0) is 13.7. The van der Waals surface area contributed by atoms with Gasteiger partial charge in [0.2, 0.25) is 0 Å². The van der Waals surface area contributed by atoms with E-state index in [4.69, 9.17) is 5.11 Å². The number of aliphatic hydroxyl groups is 1. The molecule has 2 aromatic rings. The van der Waals surface area contributed by atoms with E-state index in [0.717, 1.165) is 0 Å². The van der Waals surface area contributed by atoms with Gasteiger partial charge in [0.05, 0.1) is 18.1 Å². The summed E-state index contributed by atoms with van der Waals surface area (Å²) in [6, 6.07) is 7.56. The van der Waals surface area contributed by atoms with Crippen LogP contribution in [0.3, 0.4) is 0 Å². The molecule has 1 aromatic carbocycles. The SMILES string of the molecule is O=[S@@](CCO)Cc1ccnc(-c2ccc(F)cc2)n1. The zero-order valence-electron chi connectivity index (χ0n) is 10.1. The van der Waals surface area contributed by atoms with Crippen LogP contribution in [0.2, 0.25) is 0 Å². The van der Waals surface area contributed by atoms with Crippen LogP contribution in [-0.2, 0) is 16.6 Å². The minimum absolute atomic E-state index is 0.109. The third-order valence-corrected chi connectivity index (χ3v) is 3.70. The smallest absolute Gasteiger partial charge is 0.159 e. The van der Waals surface area contributed by atoms with Crippen molar-refractivity contribution < 1.29 is 13.7 Å². The van der Waals surface area contributed by atoms with Crippen LogP contribution >= 0.6 is 0 Å². The molecule has 6 heteroatoms. The number of benzene rings is 1. The average molecular weight is 280 g/mol. The molecule has 0 bridgehead atoms. The second kappa shape index (κ2) is 6.49. The lowest BCUT2D eigenvalue weighted by atomic mass is 10.2. The van der Waals surface area contributed by atoms with Crippen molar-refractivity contribution in [1.29, 1.82) is 0 Å². The largest absolute Gasteiger partial charge is 0.395 e. The lowest BCUT2D eigenvalue weighted by Crippen LogP contribution is -2.06. The summed E-state index contributed by atoms with van der Waals surface area (Å²) in [5.74, 6) is 0.662. The van der Waals surface area contributed by atoms with E-state index in [1.807, 2.05) is 0 Å². The van der Waals surface area contributed by atoms with Gasteiger partial charge in [-0.1, -0.05) is 0 Å². The van der Waals surface area contributed by atoms with Gasteiger partial charge in [0.25, 0.3) is 0 Å². The predicted molar refractivity (Wildman–Crippen MR) is 71.2 cm³/mol. The predicted octanol–water partition coefficient (Wildman–Crippen LogP) is 1.52. The molecule has 0 amide bonds. The normalized spacial score (nSPS) is 12.3. The van der Waals surface area contributed by atoms with Crippen LogP contribution in [0.4, 0.5) is 4.39 Å². The van der Waals surface area contributed by atoms with Gasteiger partial charge in [0, 0.05) is 28.3 Å². The zero-order valence-corrected chi connectivity index (χ0v) is 10.9. The molecule has 0 fully saturated rings. The summed E-state index contributed by atoms with van der Waals surface area (Å²) in [5.41, 5.74) is 1.34. The van der Waals surface area contributed by atoms with Crippen molar-refractivity contribution in [1.82, 2.24) is 9.97 Å². The summed E-state index contributed by atoms with van der Waals surface area (Å²) in [6.45, 7) is -0.109. The minimum Gasteiger partial charge on any atom is -0.395 e. The van der Waals surface area contributed by atoms with Gasteiger partial charge < -0.3 is 5.11 Å². The molecule has 0 aliphatic carbocycles. The molecular formula is C13H13FN2O2S. The van der Waals surface area contributed by atoms with Crippen molar-refractivity contribution in [2.75, 3.05) is 12.4 Å². The standard InChI is InChI=1S/C13H13FN2O2S/c14-11-3-1-10(2-4-11)13-15-6-5-12(16-13)9-19(18)8-7-17/h1-6,17H,7-9H2/t19-/m0/s1. The highest BCUT2D eigenvalue weighted by Crippen LogP contribution is 2.15. The fraction of sp³-hybridized carbons (Fsp3) is 0.231. The molecule has 0 unspecified atom stereocenters. The van der Waals surface area contributed by atoms with Gasteiger partial charge in [0.15, 0.2) is 5.82 Å². The van der Waals surface area contributed by atoms with Crippen molar-refractivity contribution >= 4 is 10.8 Å². The molecule has 0 aliphatic rings. The number of halogens is 1. The minimum atomic E-state index is -1.14. The first-order valence-corrected chi connectivity index (χ1v) is 7.21. The van der Waals surface area contributed by atoms with Crippen molar-refractivity contribution in [2.45, 2.75) is 5.75 Å². The van der Waals surface area contributed by atoms with Gasteiger partial charge in [0.1, 0.15) is 5.82 Å². The maximum absolute atomic E-state index is 12.8. The van der Waals surface area contributed by atoms with Crippen molar-refractivity contribution in [3.8, 4) is 11.4 Å². The Bertz CT molecular complexity index is 575. The summed E-state index contributed by atoms with van der Waals surface area (Å²) in [5, 5.41) is 8.71. The Hall–Kier alpha value is -1.66. The molecule has 0 spiro atoms. The van der Waals surface area contributed by atoms with Crippen molar-refractivity contribution in [3.63, 3.8) is 0 Å². The van der Waals surface area contributed by atoms with E-state index >= 15 is 0 Å². The van der Waals surface area contributed by atoms with Crippen LogP contribution in [0, 0.1) is 5.82 Å². The Morgan fingerprint density at radius 1 is 1.21 bits per heavy atom. The molecule has 1 aromatic heterocycles. The first-order valence-electron chi connectivity index (χ1n) is 5.73. The molecule has 4 nitrogen and oxygen atoms in total. The molecule has 1 heterocycles. The second-order valence-electron chi connectivity index (χ2n) is 3.89. The van der Waals surface area contributed by atoms with Crippen LogP contribution in [0.5, 0.6) is 0 Å². The number of hydrogen-bond donors (Lipinski definition) is 1. The highest BCUT2D eigenvalue weighted by atomic mass is 32.2. The van der Waals surface area contributed by atoms with Crippen LogP contribution in [-0.4, -0.2) is 31.6 Å². The first-order chi connectivity index (χ1) is 9.19. The lowest BCUT2D eigenvalue weighted by Gasteiger charge is -2.03. The topological polar surface area (TPSA) is 63.1 Å². The van der Waals surface area contributed by atoms with Crippen LogP contribution in [0.1, 0.15) is 5.69 Å². The summed E-state index contributed by atoms with van der Waals surface area (Å²) in [6.07, 6.45) is 1.58. The van der Waals surface area contributed by atoms with Crippen LogP contribution in [0.15, 0.2) is 36.5 Å². The Kier molecular flexibility index (Phi) is 4.70. The Labute approximate surface area is 112 Å². The molecule has 19 heavy (non-hydrogen) atoms.